The largest absolute Gasteiger partial charge is 0.337 e. The fourth-order valence-electron chi connectivity index (χ4n) is 1.93. The lowest BCUT2D eigenvalue weighted by molar-refractivity contribution is 0.240. The van der Waals surface area contributed by atoms with Gasteiger partial charge >= 0.3 is 6.03 Å². The highest BCUT2D eigenvalue weighted by Gasteiger charge is 2.11. The van der Waals surface area contributed by atoms with E-state index in [1.54, 1.807) is 11.3 Å². The Labute approximate surface area is 138 Å². The van der Waals surface area contributed by atoms with Crippen LogP contribution < -0.4 is 10.6 Å². The van der Waals surface area contributed by atoms with E-state index >= 15 is 0 Å². The molecule has 1 aromatic heterocycles. The molecular formula is C16H17FN4OS. The first-order valence-electron chi connectivity index (χ1n) is 7.12. The number of carbonyl (C=O) groups is 1. The molecule has 0 unspecified atom stereocenters. The summed E-state index contributed by atoms with van der Waals surface area (Å²) in [6.45, 7) is 4.43. The number of rotatable bonds is 5. The Hall–Kier alpha value is -2.46. The summed E-state index contributed by atoms with van der Waals surface area (Å²) < 4.78 is 13.7. The molecule has 120 valence electrons. The van der Waals surface area contributed by atoms with Crippen LogP contribution in [0, 0.1) is 24.1 Å². The molecule has 0 spiro atoms. The number of aromatic nitrogens is 1. The molecule has 0 saturated heterocycles. The highest BCUT2D eigenvalue weighted by molar-refractivity contribution is 7.09. The highest BCUT2D eigenvalue weighted by Crippen LogP contribution is 2.18. The van der Waals surface area contributed by atoms with Crippen LogP contribution in [0.4, 0.5) is 9.18 Å². The molecule has 23 heavy (non-hydrogen) atoms. The summed E-state index contributed by atoms with van der Waals surface area (Å²) in [4.78, 5) is 16.2. The quantitative estimate of drug-likeness (QED) is 0.883. The normalized spacial score (nSPS) is 11.6. The minimum Gasteiger partial charge on any atom is -0.337 e. The number of nitrogens with one attached hydrogen (secondary N) is 2. The van der Waals surface area contributed by atoms with Gasteiger partial charge in [0.25, 0.3) is 0 Å². The third kappa shape index (κ3) is 4.76. The summed E-state index contributed by atoms with van der Waals surface area (Å²) in [5, 5.41) is 17.0. The van der Waals surface area contributed by atoms with Crippen molar-refractivity contribution in [2.24, 2.45) is 0 Å². The van der Waals surface area contributed by atoms with Crippen molar-refractivity contribution in [3.05, 3.63) is 51.2 Å². The van der Waals surface area contributed by atoms with Gasteiger partial charge in [0, 0.05) is 35.6 Å². The van der Waals surface area contributed by atoms with Gasteiger partial charge in [-0.3, -0.25) is 0 Å². The number of carbonyl (C=O) groups excluding carboxylic acids is 1. The summed E-state index contributed by atoms with van der Waals surface area (Å²) in [5.74, 6) is -0.387. The maximum atomic E-state index is 13.7. The maximum absolute atomic E-state index is 13.7. The van der Waals surface area contributed by atoms with Crippen LogP contribution in [-0.2, 0) is 6.54 Å². The van der Waals surface area contributed by atoms with Crippen molar-refractivity contribution in [3.8, 4) is 6.07 Å². The number of thiazole rings is 1. The number of nitrogens with zero attached hydrogens (tertiary/aromatic N) is 2. The predicted molar refractivity (Wildman–Crippen MR) is 86.6 cm³/mol. The monoisotopic (exact) mass is 332 g/mol. The standard InChI is InChI=1S/C16H17FN4OS/c1-10(15-21-11(2)9-23-15)7-19-16(22)20-8-13-4-3-12(6-18)5-14(13)17/h3-5,9-10H,7-8H2,1-2H3,(H2,19,20,22)/t10-/m1/s1. The van der Waals surface area contributed by atoms with Crippen LogP contribution in [0.5, 0.6) is 0 Å². The van der Waals surface area contributed by atoms with Crippen LogP contribution in [0.2, 0.25) is 0 Å². The topological polar surface area (TPSA) is 77.8 Å². The van der Waals surface area contributed by atoms with E-state index in [0.29, 0.717) is 12.1 Å². The first kappa shape index (κ1) is 16.9. The molecule has 5 nitrogen and oxygen atoms in total. The third-order valence-corrected chi connectivity index (χ3v) is 4.44. The zero-order valence-electron chi connectivity index (χ0n) is 12.9. The minimum absolute atomic E-state index is 0.0636. The van der Waals surface area contributed by atoms with Gasteiger partial charge in [0.1, 0.15) is 5.82 Å². The molecule has 1 heterocycles. The van der Waals surface area contributed by atoms with Crippen molar-refractivity contribution in [1.82, 2.24) is 15.6 Å². The molecule has 0 aliphatic rings. The molecule has 0 radical (unpaired) electrons. The van der Waals surface area contributed by atoms with Crippen molar-refractivity contribution in [1.29, 1.82) is 5.26 Å². The maximum Gasteiger partial charge on any atom is 0.315 e. The molecule has 0 aliphatic heterocycles. The van der Waals surface area contributed by atoms with E-state index in [-0.39, 0.29) is 24.1 Å². The molecule has 1 aromatic carbocycles. The molecule has 0 fully saturated rings. The number of aryl methyl sites for hydroxylation is 1. The average Bonchev–Trinajstić information content (AvgIpc) is 2.97. The lowest BCUT2D eigenvalue weighted by atomic mass is 10.1. The van der Waals surface area contributed by atoms with Gasteiger partial charge in [-0.05, 0) is 19.1 Å². The summed E-state index contributed by atoms with van der Waals surface area (Å²) in [5.41, 5.74) is 1.56. The fourth-order valence-corrected chi connectivity index (χ4v) is 2.79. The molecule has 2 amide bonds. The number of nitriles is 1. The van der Waals surface area contributed by atoms with Gasteiger partial charge in [0.05, 0.1) is 16.6 Å². The van der Waals surface area contributed by atoms with Crippen LogP contribution in [0.1, 0.15) is 34.7 Å². The second kappa shape index (κ2) is 7.70. The van der Waals surface area contributed by atoms with Gasteiger partial charge in [-0.15, -0.1) is 11.3 Å². The Bertz CT molecular complexity index is 738. The zero-order chi connectivity index (χ0) is 16.8. The number of amides is 2. The van der Waals surface area contributed by atoms with Gasteiger partial charge in [0.15, 0.2) is 0 Å². The Kier molecular flexibility index (Phi) is 5.66. The van der Waals surface area contributed by atoms with Crippen molar-refractivity contribution in [2.45, 2.75) is 26.3 Å². The van der Waals surface area contributed by atoms with Crippen LogP contribution in [0.25, 0.3) is 0 Å². The molecule has 2 rings (SSSR count). The summed E-state index contributed by atoms with van der Waals surface area (Å²) >= 11 is 1.57. The first-order valence-corrected chi connectivity index (χ1v) is 8.00. The van der Waals surface area contributed by atoms with Crippen LogP contribution in [0.3, 0.4) is 0 Å². The summed E-state index contributed by atoms with van der Waals surface area (Å²) in [6.07, 6.45) is 0. The lowest BCUT2D eigenvalue weighted by Gasteiger charge is -2.11. The Balaban J connectivity index is 1.80. The molecule has 0 bridgehead atoms. The van der Waals surface area contributed by atoms with Gasteiger partial charge in [-0.1, -0.05) is 13.0 Å². The number of hydrogen-bond acceptors (Lipinski definition) is 4. The number of halogens is 1. The molecule has 0 saturated carbocycles. The Morgan fingerprint density at radius 3 is 2.87 bits per heavy atom. The number of benzene rings is 1. The summed E-state index contributed by atoms with van der Waals surface area (Å²) in [6, 6.07) is 5.67. The third-order valence-electron chi connectivity index (χ3n) is 3.25. The number of hydrogen-bond donors (Lipinski definition) is 2. The second-order valence-corrected chi connectivity index (χ2v) is 6.10. The molecule has 2 N–H and O–H groups in total. The van der Waals surface area contributed by atoms with Crippen molar-refractivity contribution >= 4 is 17.4 Å². The predicted octanol–water partition coefficient (Wildman–Crippen LogP) is 3.07. The molecule has 1 atom stereocenters. The molecule has 0 aliphatic carbocycles. The van der Waals surface area contributed by atoms with E-state index < -0.39 is 5.82 Å². The van der Waals surface area contributed by atoms with E-state index in [0.717, 1.165) is 16.8 Å². The van der Waals surface area contributed by atoms with E-state index in [4.69, 9.17) is 5.26 Å². The second-order valence-electron chi connectivity index (χ2n) is 5.21. The molecule has 2 aromatic rings. The van der Waals surface area contributed by atoms with Crippen molar-refractivity contribution < 1.29 is 9.18 Å². The molecular weight excluding hydrogens is 315 g/mol. The SMILES string of the molecule is Cc1csc([C@H](C)CNC(=O)NCc2ccc(C#N)cc2F)n1. The van der Waals surface area contributed by atoms with E-state index in [9.17, 15) is 9.18 Å². The van der Waals surface area contributed by atoms with Gasteiger partial charge < -0.3 is 10.6 Å². The van der Waals surface area contributed by atoms with Crippen molar-refractivity contribution in [2.75, 3.05) is 6.54 Å². The van der Waals surface area contributed by atoms with Crippen LogP contribution >= 0.6 is 11.3 Å². The van der Waals surface area contributed by atoms with Gasteiger partial charge in [-0.25, -0.2) is 14.2 Å². The van der Waals surface area contributed by atoms with Gasteiger partial charge in [-0.2, -0.15) is 5.26 Å². The smallest absolute Gasteiger partial charge is 0.315 e. The van der Waals surface area contributed by atoms with Crippen LogP contribution in [0.15, 0.2) is 23.6 Å². The first-order chi connectivity index (χ1) is 11.0. The highest BCUT2D eigenvalue weighted by atomic mass is 32.1. The lowest BCUT2D eigenvalue weighted by Crippen LogP contribution is -2.37. The Morgan fingerprint density at radius 2 is 2.26 bits per heavy atom. The Morgan fingerprint density at radius 1 is 1.48 bits per heavy atom. The van der Waals surface area contributed by atoms with Crippen molar-refractivity contribution in [3.63, 3.8) is 0 Å². The summed E-state index contributed by atoms with van der Waals surface area (Å²) in [7, 11) is 0. The fraction of sp³-hybridized carbons (Fsp3) is 0.312. The van der Waals surface area contributed by atoms with E-state index in [1.165, 1.54) is 12.1 Å². The van der Waals surface area contributed by atoms with E-state index in [1.807, 2.05) is 25.3 Å². The zero-order valence-corrected chi connectivity index (χ0v) is 13.7. The average molecular weight is 332 g/mol. The molecule has 7 heteroatoms. The minimum atomic E-state index is -0.504. The van der Waals surface area contributed by atoms with Crippen LogP contribution in [-0.4, -0.2) is 17.6 Å². The van der Waals surface area contributed by atoms with Gasteiger partial charge in [0.2, 0.25) is 0 Å². The van der Waals surface area contributed by atoms with E-state index in [2.05, 4.69) is 15.6 Å². The number of urea groups is 1.